The summed E-state index contributed by atoms with van der Waals surface area (Å²) in [5.41, 5.74) is 1.25. The zero-order chi connectivity index (χ0) is 17.4. The Morgan fingerprint density at radius 1 is 1.28 bits per heavy atom. The van der Waals surface area contributed by atoms with Gasteiger partial charge in [-0.3, -0.25) is 4.99 Å². The number of nitrogens with zero attached hydrogens (tertiary/aromatic N) is 5. The summed E-state index contributed by atoms with van der Waals surface area (Å²) in [6.07, 6.45) is 2.65. The van der Waals surface area contributed by atoms with Gasteiger partial charge in [-0.25, -0.2) is 0 Å². The maximum Gasteiger partial charge on any atom is 0.194 e. The second-order valence-electron chi connectivity index (χ2n) is 5.51. The van der Waals surface area contributed by atoms with Gasteiger partial charge >= 0.3 is 0 Å². The number of benzene rings is 1. The van der Waals surface area contributed by atoms with Crippen LogP contribution < -0.4 is 5.32 Å². The number of hydrogen-bond donors (Lipinski definition) is 1. The molecule has 6 nitrogen and oxygen atoms in total. The molecule has 0 bridgehead atoms. The third-order valence-corrected chi connectivity index (χ3v) is 4.17. The molecule has 8 heteroatoms. The second-order valence-corrected chi connectivity index (χ2v) is 6.43. The predicted molar refractivity (Wildman–Crippen MR) is 116 cm³/mol. The van der Waals surface area contributed by atoms with E-state index in [0.29, 0.717) is 6.54 Å². The van der Waals surface area contributed by atoms with Crippen LogP contribution in [-0.2, 0) is 19.5 Å². The van der Waals surface area contributed by atoms with Crippen LogP contribution in [0.4, 0.5) is 0 Å². The third-order valence-electron chi connectivity index (χ3n) is 3.64. The molecule has 0 aliphatic carbocycles. The molecule has 0 unspecified atom stereocenters. The van der Waals surface area contributed by atoms with Gasteiger partial charge in [0.15, 0.2) is 5.96 Å². The first-order valence-electron chi connectivity index (χ1n) is 8.24. The van der Waals surface area contributed by atoms with E-state index in [1.54, 1.807) is 6.33 Å². The fraction of sp³-hybridized carbons (Fsp3) is 0.471. The summed E-state index contributed by atoms with van der Waals surface area (Å²) < 4.78 is 3.15. The Hall–Kier alpha value is -1.16. The Labute approximate surface area is 175 Å². The molecule has 0 atom stereocenters. The summed E-state index contributed by atoms with van der Waals surface area (Å²) in [4.78, 5) is 6.86. The molecule has 1 aromatic heterocycles. The third kappa shape index (κ3) is 6.93. The van der Waals surface area contributed by atoms with Gasteiger partial charge in [-0.1, -0.05) is 35.0 Å². The first-order chi connectivity index (χ1) is 11.6. The van der Waals surface area contributed by atoms with Crippen molar-refractivity contribution in [2.24, 2.45) is 4.99 Å². The second kappa shape index (κ2) is 11.5. The highest BCUT2D eigenvalue weighted by Gasteiger charge is 2.07. The van der Waals surface area contributed by atoms with Crippen LogP contribution in [0.25, 0.3) is 0 Å². The summed E-state index contributed by atoms with van der Waals surface area (Å²) in [6.45, 7) is 7.30. The summed E-state index contributed by atoms with van der Waals surface area (Å²) >= 11 is 3.47. The lowest BCUT2D eigenvalue weighted by atomic mass is 10.2. The molecule has 0 radical (unpaired) electrons. The van der Waals surface area contributed by atoms with E-state index >= 15 is 0 Å². The molecule has 25 heavy (non-hydrogen) atoms. The van der Waals surface area contributed by atoms with E-state index in [9.17, 15) is 0 Å². The van der Waals surface area contributed by atoms with Crippen molar-refractivity contribution in [3.63, 3.8) is 0 Å². The summed E-state index contributed by atoms with van der Waals surface area (Å²) in [5, 5.41) is 11.4. The molecule has 2 aromatic rings. The molecule has 138 valence electrons. The maximum absolute atomic E-state index is 4.72. The molecule has 1 heterocycles. The average molecular weight is 521 g/mol. The minimum atomic E-state index is 0. The van der Waals surface area contributed by atoms with Gasteiger partial charge in [0, 0.05) is 37.6 Å². The molecule has 1 aromatic carbocycles. The smallest absolute Gasteiger partial charge is 0.194 e. The van der Waals surface area contributed by atoms with Crippen molar-refractivity contribution in [2.75, 3.05) is 20.1 Å². The molecule has 0 spiro atoms. The fourth-order valence-corrected chi connectivity index (χ4v) is 2.68. The van der Waals surface area contributed by atoms with Gasteiger partial charge < -0.3 is 14.8 Å². The lowest BCUT2D eigenvalue weighted by molar-refractivity contribution is 0.475. The van der Waals surface area contributed by atoms with Gasteiger partial charge in [0.2, 0.25) is 0 Å². The molecule has 0 saturated heterocycles. The van der Waals surface area contributed by atoms with Crippen LogP contribution in [0, 0.1) is 0 Å². The first kappa shape index (κ1) is 21.9. The molecule has 0 aliphatic rings. The number of nitrogens with one attached hydrogen (secondary N) is 1. The van der Waals surface area contributed by atoms with E-state index in [1.807, 2.05) is 0 Å². The van der Waals surface area contributed by atoms with Gasteiger partial charge in [0.05, 0.1) is 6.54 Å². The molecular formula is C17H26BrIN6. The highest BCUT2D eigenvalue weighted by molar-refractivity contribution is 14.0. The van der Waals surface area contributed by atoms with E-state index in [4.69, 9.17) is 4.99 Å². The highest BCUT2D eigenvalue weighted by atomic mass is 127. The Morgan fingerprint density at radius 2 is 2.00 bits per heavy atom. The van der Waals surface area contributed by atoms with Gasteiger partial charge in [-0.15, -0.1) is 34.2 Å². The fourth-order valence-electron chi connectivity index (χ4n) is 2.41. The quantitative estimate of drug-likeness (QED) is 0.345. The number of hydrogen-bond acceptors (Lipinski definition) is 3. The Balaban J connectivity index is 0.00000312. The van der Waals surface area contributed by atoms with E-state index in [-0.39, 0.29) is 24.0 Å². The minimum absolute atomic E-state index is 0. The highest BCUT2D eigenvalue weighted by Crippen LogP contribution is 2.11. The monoisotopic (exact) mass is 520 g/mol. The van der Waals surface area contributed by atoms with Crippen LogP contribution in [-0.4, -0.2) is 45.8 Å². The maximum atomic E-state index is 4.72. The molecular weight excluding hydrogens is 495 g/mol. The molecule has 0 saturated carbocycles. The van der Waals surface area contributed by atoms with Crippen LogP contribution in [0.2, 0.25) is 0 Å². The van der Waals surface area contributed by atoms with Gasteiger partial charge in [-0.2, -0.15) is 0 Å². The predicted octanol–water partition coefficient (Wildman–Crippen LogP) is 3.32. The zero-order valence-corrected chi connectivity index (χ0v) is 18.9. The largest absolute Gasteiger partial charge is 0.357 e. The molecule has 0 aliphatic heterocycles. The minimum Gasteiger partial charge on any atom is -0.357 e. The van der Waals surface area contributed by atoms with Crippen molar-refractivity contribution < 1.29 is 0 Å². The normalized spacial score (nSPS) is 11.1. The zero-order valence-electron chi connectivity index (χ0n) is 14.9. The van der Waals surface area contributed by atoms with Gasteiger partial charge in [0.1, 0.15) is 12.2 Å². The van der Waals surface area contributed by atoms with E-state index < -0.39 is 0 Å². The summed E-state index contributed by atoms with van der Waals surface area (Å²) in [6, 6.07) is 8.36. The number of aromatic nitrogens is 3. The van der Waals surface area contributed by atoms with Crippen molar-refractivity contribution in [2.45, 2.75) is 33.4 Å². The molecule has 1 N–H and O–H groups in total. The van der Waals surface area contributed by atoms with Crippen LogP contribution >= 0.6 is 39.9 Å². The standard InChI is InChI=1S/C17H25BrN6.HI/c1-4-16-22-21-13-24(16)11-10-20-17(19-5-2)23(3)12-14-6-8-15(18)9-7-14;/h6-9,13H,4-5,10-12H2,1-3H3,(H,19,20);1H. The average Bonchev–Trinajstić information content (AvgIpc) is 3.03. The summed E-state index contributed by atoms with van der Waals surface area (Å²) in [7, 11) is 2.06. The topological polar surface area (TPSA) is 58.3 Å². The number of halogens is 2. The van der Waals surface area contributed by atoms with Gasteiger partial charge in [0.25, 0.3) is 0 Å². The first-order valence-corrected chi connectivity index (χ1v) is 9.03. The van der Waals surface area contributed by atoms with Crippen LogP contribution in [0.15, 0.2) is 40.1 Å². The lowest BCUT2D eigenvalue weighted by Crippen LogP contribution is -2.38. The number of aryl methyl sites for hydroxylation is 1. The van der Waals surface area contributed by atoms with Crippen molar-refractivity contribution in [1.82, 2.24) is 25.0 Å². The van der Waals surface area contributed by atoms with Gasteiger partial charge in [-0.05, 0) is 24.6 Å². The Morgan fingerprint density at radius 3 is 2.64 bits per heavy atom. The lowest BCUT2D eigenvalue weighted by Gasteiger charge is -2.22. The van der Waals surface area contributed by atoms with Crippen molar-refractivity contribution in [3.8, 4) is 0 Å². The molecule has 2 rings (SSSR count). The van der Waals surface area contributed by atoms with Crippen LogP contribution in [0.1, 0.15) is 25.2 Å². The van der Waals surface area contributed by atoms with Crippen LogP contribution in [0.3, 0.4) is 0 Å². The summed E-state index contributed by atoms with van der Waals surface area (Å²) in [5.74, 6) is 1.91. The van der Waals surface area contributed by atoms with Crippen molar-refractivity contribution in [1.29, 1.82) is 0 Å². The number of guanidine groups is 1. The Bertz CT molecular complexity index is 655. The molecule has 0 amide bonds. The number of aliphatic imine (C=N–C) groups is 1. The van der Waals surface area contributed by atoms with E-state index in [1.165, 1.54) is 5.56 Å². The van der Waals surface area contributed by atoms with Crippen molar-refractivity contribution >= 4 is 45.9 Å². The molecule has 0 fully saturated rings. The van der Waals surface area contributed by atoms with Crippen LogP contribution in [0.5, 0.6) is 0 Å². The van der Waals surface area contributed by atoms with E-state index in [2.05, 4.69) is 86.1 Å². The number of rotatable bonds is 7. The Kier molecular flexibility index (Phi) is 10.0. The van der Waals surface area contributed by atoms with Crippen molar-refractivity contribution in [3.05, 3.63) is 46.5 Å². The van der Waals surface area contributed by atoms with E-state index in [0.717, 1.165) is 42.3 Å². The SMILES string of the molecule is CCNC(=NCCn1cnnc1CC)N(C)Cc1ccc(Br)cc1.I.